The smallest absolute Gasteiger partial charge is 0.251 e. The zero-order chi connectivity index (χ0) is 15.9. The molecule has 0 saturated carbocycles. The Hall–Kier alpha value is -2.42. The first-order chi connectivity index (χ1) is 10.6. The molecule has 2 aromatic rings. The first kappa shape index (κ1) is 16.0. The van der Waals surface area contributed by atoms with Gasteiger partial charge in [0.05, 0.1) is 6.04 Å². The van der Waals surface area contributed by atoms with Gasteiger partial charge in [0.1, 0.15) is 0 Å². The monoisotopic (exact) mass is 295 g/mol. The van der Waals surface area contributed by atoms with E-state index in [2.05, 4.69) is 12.2 Å². The molecule has 1 amide bonds. The zero-order valence-corrected chi connectivity index (χ0v) is 13.0. The summed E-state index contributed by atoms with van der Waals surface area (Å²) in [6.07, 6.45) is 1.88. The largest absolute Gasteiger partial charge is 0.345 e. The van der Waals surface area contributed by atoms with E-state index in [4.69, 9.17) is 0 Å². The standard InChI is InChI=1S/C19H21NO2/c1-3-7-18(16-8-5-4-6-9-16)20-19(22)17-12-10-15(11-13-17)14(2)21/h4-6,8-13,18H,3,7H2,1-2H3,(H,20,22)/t18-/m0/s1. The van der Waals surface area contributed by atoms with E-state index in [1.165, 1.54) is 6.92 Å². The van der Waals surface area contributed by atoms with Crippen LogP contribution in [-0.2, 0) is 0 Å². The van der Waals surface area contributed by atoms with Gasteiger partial charge >= 0.3 is 0 Å². The van der Waals surface area contributed by atoms with Crippen molar-refractivity contribution < 1.29 is 9.59 Å². The Balaban J connectivity index is 2.12. The third-order valence-electron chi connectivity index (χ3n) is 3.64. The second kappa shape index (κ2) is 7.55. The average Bonchev–Trinajstić information content (AvgIpc) is 2.55. The molecule has 22 heavy (non-hydrogen) atoms. The van der Waals surface area contributed by atoms with E-state index in [0.717, 1.165) is 18.4 Å². The highest BCUT2D eigenvalue weighted by atomic mass is 16.1. The summed E-state index contributed by atoms with van der Waals surface area (Å²) in [6, 6.07) is 16.8. The second-order valence-electron chi connectivity index (χ2n) is 5.36. The summed E-state index contributed by atoms with van der Waals surface area (Å²) < 4.78 is 0. The van der Waals surface area contributed by atoms with Crippen LogP contribution in [0, 0.1) is 0 Å². The molecular weight excluding hydrogens is 274 g/mol. The molecule has 114 valence electrons. The first-order valence-electron chi connectivity index (χ1n) is 7.58. The number of benzene rings is 2. The van der Waals surface area contributed by atoms with Gasteiger partial charge < -0.3 is 5.32 Å². The van der Waals surface area contributed by atoms with Crippen LogP contribution in [0.3, 0.4) is 0 Å². The van der Waals surface area contributed by atoms with E-state index in [1.807, 2.05) is 30.3 Å². The number of ketones is 1. The number of carbonyl (C=O) groups excluding carboxylic acids is 2. The highest BCUT2D eigenvalue weighted by molar-refractivity contribution is 5.97. The Morgan fingerprint density at radius 3 is 2.09 bits per heavy atom. The lowest BCUT2D eigenvalue weighted by Gasteiger charge is -2.18. The van der Waals surface area contributed by atoms with Gasteiger partial charge in [-0.05, 0) is 31.0 Å². The Bertz CT molecular complexity index is 632. The SMILES string of the molecule is CCC[C@H](NC(=O)c1ccc(C(C)=O)cc1)c1ccccc1. The molecule has 1 atom stereocenters. The van der Waals surface area contributed by atoms with E-state index in [1.54, 1.807) is 24.3 Å². The minimum atomic E-state index is -0.114. The summed E-state index contributed by atoms with van der Waals surface area (Å²) in [4.78, 5) is 23.7. The fourth-order valence-corrected chi connectivity index (χ4v) is 2.39. The number of hydrogen-bond acceptors (Lipinski definition) is 2. The molecule has 0 bridgehead atoms. The van der Waals surface area contributed by atoms with Gasteiger partial charge in [-0.2, -0.15) is 0 Å². The number of hydrogen-bond donors (Lipinski definition) is 1. The van der Waals surface area contributed by atoms with Gasteiger partial charge in [0.2, 0.25) is 0 Å². The van der Waals surface area contributed by atoms with Gasteiger partial charge in [0.15, 0.2) is 5.78 Å². The van der Waals surface area contributed by atoms with Crippen LogP contribution in [0.2, 0.25) is 0 Å². The maximum atomic E-state index is 12.4. The highest BCUT2D eigenvalue weighted by Gasteiger charge is 2.15. The lowest BCUT2D eigenvalue weighted by atomic mass is 10.0. The maximum Gasteiger partial charge on any atom is 0.251 e. The van der Waals surface area contributed by atoms with Crippen molar-refractivity contribution in [1.29, 1.82) is 0 Å². The van der Waals surface area contributed by atoms with Crippen LogP contribution < -0.4 is 5.32 Å². The van der Waals surface area contributed by atoms with Gasteiger partial charge in [0, 0.05) is 11.1 Å². The van der Waals surface area contributed by atoms with Crippen molar-refractivity contribution in [2.24, 2.45) is 0 Å². The van der Waals surface area contributed by atoms with Gasteiger partial charge in [-0.3, -0.25) is 9.59 Å². The summed E-state index contributed by atoms with van der Waals surface area (Å²) in [5, 5.41) is 3.08. The normalized spacial score (nSPS) is 11.7. The summed E-state index contributed by atoms with van der Waals surface area (Å²) in [5.41, 5.74) is 2.30. The Morgan fingerprint density at radius 2 is 1.55 bits per heavy atom. The number of Topliss-reactive ketones (excluding diaryl/α,β-unsaturated/α-hetero) is 1. The van der Waals surface area contributed by atoms with Gasteiger partial charge in [-0.15, -0.1) is 0 Å². The topological polar surface area (TPSA) is 46.2 Å². The molecule has 0 aromatic heterocycles. The third kappa shape index (κ3) is 4.04. The molecule has 0 spiro atoms. The Labute approximate surface area is 131 Å². The lowest BCUT2D eigenvalue weighted by molar-refractivity contribution is 0.0932. The number of nitrogens with one attached hydrogen (secondary N) is 1. The van der Waals surface area contributed by atoms with Crippen LogP contribution in [0.25, 0.3) is 0 Å². The lowest BCUT2D eigenvalue weighted by Crippen LogP contribution is -2.28. The van der Waals surface area contributed by atoms with Crippen molar-refractivity contribution in [3.63, 3.8) is 0 Å². The Kier molecular flexibility index (Phi) is 5.48. The fourth-order valence-electron chi connectivity index (χ4n) is 2.39. The fraction of sp³-hybridized carbons (Fsp3) is 0.263. The minimum Gasteiger partial charge on any atom is -0.345 e. The summed E-state index contributed by atoms with van der Waals surface area (Å²) in [5.74, 6) is -0.113. The molecule has 0 aliphatic rings. The van der Waals surface area contributed by atoms with E-state index >= 15 is 0 Å². The summed E-state index contributed by atoms with van der Waals surface area (Å²) >= 11 is 0. The maximum absolute atomic E-state index is 12.4. The van der Waals surface area contributed by atoms with Crippen LogP contribution in [0.5, 0.6) is 0 Å². The number of carbonyl (C=O) groups is 2. The van der Waals surface area contributed by atoms with Gasteiger partial charge in [-0.1, -0.05) is 55.8 Å². The minimum absolute atomic E-state index is 0.0000956. The van der Waals surface area contributed by atoms with Crippen molar-refractivity contribution in [2.45, 2.75) is 32.7 Å². The van der Waals surface area contributed by atoms with Gasteiger partial charge in [-0.25, -0.2) is 0 Å². The molecule has 1 N–H and O–H groups in total. The molecule has 2 aromatic carbocycles. The summed E-state index contributed by atoms with van der Waals surface area (Å²) in [7, 11) is 0. The second-order valence-corrected chi connectivity index (χ2v) is 5.36. The predicted molar refractivity (Wildman–Crippen MR) is 88.0 cm³/mol. The van der Waals surface area contributed by atoms with Crippen LogP contribution in [0.4, 0.5) is 0 Å². The van der Waals surface area contributed by atoms with Gasteiger partial charge in [0.25, 0.3) is 5.91 Å². The molecular formula is C19H21NO2. The first-order valence-corrected chi connectivity index (χ1v) is 7.58. The van der Waals surface area contributed by atoms with Crippen LogP contribution >= 0.6 is 0 Å². The molecule has 0 unspecified atom stereocenters. The zero-order valence-electron chi connectivity index (χ0n) is 13.0. The van der Waals surface area contributed by atoms with E-state index in [0.29, 0.717) is 11.1 Å². The quantitative estimate of drug-likeness (QED) is 0.813. The molecule has 0 radical (unpaired) electrons. The van der Waals surface area contributed by atoms with Crippen molar-refractivity contribution in [3.8, 4) is 0 Å². The average molecular weight is 295 g/mol. The molecule has 3 heteroatoms. The van der Waals surface area contributed by atoms with Crippen molar-refractivity contribution >= 4 is 11.7 Å². The Morgan fingerprint density at radius 1 is 0.955 bits per heavy atom. The molecule has 0 aliphatic carbocycles. The number of amides is 1. The number of rotatable bonds is 6. The van der Waals surface area contributed by atoms with E-state index < -0.39 is 0 Å². The molecule has 0 fully saturated rings. The highest BCUT2D eigenvalue weighted by Crippen LogP contribution is 2.19. The van der Waals surface area contributed by atoms with E-state index in [9.17, 15) is 9.59 Å². The molecule has 0 heterocycles. The third-order valence-corrected chi connectivity index (χ3v) is 3.64. The molecule has 0 saturated heterocycles. The van der Waals surface area contributed by atoms with Crippen LogP contribution in [-0.4, -0.2) is 11.7 Å². The molecule has 0 aliphatic heterocycles. The van der Waals surface area contributed by atoms with Crippen molar-refractivity contribution in [3.05, 3.63) is 71.3 Å². The molecule has 2 rings (SSSR count). The summed E-state index contributed by atoms with van der Waals surface area (Å²) in [6.45, 7) is 3.62. The molecule has 3 nitrogen and oxygen atoms in total. The van der Waals surface area contributed by atoms with E-state index in [-0.39, 0.29) is 17.7 Å². The predicted octanol–water partition coefficient (Wildman–Crippen LogP) is 4.16. The van der Waals surface area contributed by atoms with Crippen molar-refractivity contribution in [2.75, 3.05) is 0 Å². The van der Waals surface area contributed by atoms with Crippen molar-refractivity contribution in [1.82, 2.24) is 5.32 Å². The van der Waals surface area contributed by atoms with Crippen LogP contribution in [0.15, 0.2) is 54.6 Å². The van der Waals surface area contributed by atoms with Crippen LogP contribution in [0.1, 0.15) is 59.0 Å².